The lowest BCUT2D eigenvalue weighted by molar-refractivity contribution is 0.0955. The number of hydrogen-bond donors (Lipinski definition) is 3. The van der Waals surface area contributed by atoms with Crippen molar-refractivity contribution in [2.45, 2.75) is 6.04 Å². The Morgan fingerprint density at radius 2 is 1.63 bits per heavy atom. The molecule has 1 aliphatic heterocycles. The molecule has 1 aliphatic rings. The van der Waals surface area contributed by atoms with Crippen LogP contribution in [0.1, 0.15) is 22.0 Å². The summed E-state index contributed by atoms with van der Waals surface area (Å²) < 4.78 is 0. The molecule has 0 aliphatic carbocycles. The lowest BCUT2D eigenvalue weighted by Crippen LogP contribution is -2.30. The number of aromatic nitrogens is 1. The standard InChI is InChI=1S/C22H17N3O2/c26-21-16-7-3-4-8-18(16)24-19(12-23-21)17-11-14-10-9-13-5-1-2-6-15(13)20(14)25-22(17)27/h1-11,19,24H,12H2,(H,23,26)(H,25,27). The minimum absolute atomic E-state index is 0.135. The maximum absolute atomic E-state index is 12.9. The molecule has 5 rings (SSSR count). The van der Waals surface area contributed by atoms with Gasteiger partial charge in [-0.1, -0.05) is 48.5 Å². The Kier molecular flexibility index (Phi) is 3.47. The van der Waals surface area contributed by atoms with Crippen LogP contribution in [0.4, 0.5) is 5.69 Å². The summed E-state index contributed by atoms with van der Waals surface area (Å²) in [5, 5.41) is 9.32. The molecule has 0 saturated heterocycles. The molecular formula is C22H17N3O2. The van der Waals surface area contributed by atoms with Crippen molar-refractivity contribution in [1.29, 1.82) is 0 Å². The van der Waals surface area contributed by atoms with E-state index < -0.39 is 0 Å². The molecule has 5 heteroatoms. The van der Waals surface area contributed by atoms with Gasteiger partial charge in [-0.15, -0.1) is 0 Å². The number of benzene rings is 3. The summed E-state index contributed by atoms with van der Waals surface area (Å²) in [6.45, 7) is 0.343. The van der Waals surface area contributed by atoms with Crippen LogP contribution in [-0.4, -0.2) is 17.4 Å². The molecule has 4 aromatic rings. The molecular weight excluding hydrogens is 338 g/mol. The van der Waals surface area contributed by atoms with E-state index in [4.69, 9.17) is 0 Å². The van der Waals surface area contributed by atoms with Gasteiger partial charge in [0, 0.05) is 23.2 Å². The number of fused-ring (bicyclic) bond motifs is 4. The maximum Gasteiger partial charge on any atom is 0.253 e. The average molecular weight is 355 g/mol. The van der Waals surface area contributed by atoms with E-state index >= 15 is 0 Å². The minimum atomic E-state index is -0.308. The molecule has 3 N–H and O–H groups in total. The van der Waals surface area contributed by atoms with E-state index in [1.165, 1.54) is 0 Å². The first-order valence-electron chi connectivity index (χ1n) is 8.89. The molecule has 5 nitrogen and oxygen atoms in total. The largest absolute Gasteiger partial charge is 0.376 e. The quantitative estimate of drug-likeness (QED) is 0.457. The van der Waals surface area contributed by atoms with Gasteiger partial charge in [0.25, 0.3) is 11.5 Å². The van der Waals surface area contributed by atoms with E-state index in [-0.39, 0.29) is 17.5 Å². The third-order valence-electron chi connectivity index (χ3n) is 5.12. The Labute approximate surface area is 155 Å². The van der Waals surface area contributed by atoms with Crippen LogP contribution in [0.25, 0.3) is 21.7 Å². The zero-order valence-corrected chi connectivity index (χ0v) is 14.5. The smallest absolute Gasteiger partial charge is 0.253 e. The van der Waals surface area contributed by atoms with Crippen molar-refractivity contribution in [1.82, 2.24) is 10.3 Å². The fraction of sp³-hybridized carbons (Fsp3) is 0.0909. The summed E-state index contributed by atoms with van der Waals surface area (Å²) in [6, 6.07) is 21.0. The number of anilines is 1. The number of carbonyl (C=O) groups excluding carboxylic acids is 1. The zero-order chi connectivity index (χ0) is 18.4. The molecule has 3 aromatic carbocycles. The number of aromatic amines is 1. The highest BCUT2D eigenvalue weighted by atomic mass is 16.1. The molecule has 2 heterocycles. The first-order valence-corrected chi connectivity index (χ1v) is 8.89. The summed E-state index contributed by atoms with van der Waals surface area (Å²) in [7, 11) is 0. The summed E-state index contributed by atoms with van der Waals surface area (Å²) in [5.74, 6) is -0.135. The van der Waals surface area contributed by atoms with Gasteiger partial charge in [0.05, 0.1) is 17.1 Å². The number of nitrogens with one attached hydrogen (secondary N) is 3. The second kappa shape index (κ2) is 5.99. The highest BCUT2D eigenvalue weighted by Crippen LogP contribution is 2.27. The number of amides is 1. The monoisotopic (exact) mass is 355 g/mol. The molecule has 0 saturated carbocycles. The summed E-state index contributed by atoms with van der Waals surface area (Å²) >= 11 is 0. The second-order valence-corrected chi connectivity index (χ2v) is 6.76. The van der Waals surface area contributed by atoms with Crippen molar-refractivity contribution in [3.05, 3.63) is 88.2 Å². The number of pyridine rings is 1. The fourth-order valence-electron chi connectivity index (χ4n) is 3.75. The molecule has 0 bridgehead atoms. The molecule has 132 valence electrons. The Hall–Kier alpha value is -3.60. The van der Waals surface area contributed by atoms with Gasteiger partial charge in [0.1, 0.15) is 0 Å². The van der Waals surface area contributed by atoms with Crippen LogP contribution in [0.5, 0.6) is 0 Å². The molecule has 1 amide bonds. The predicted octanol–water partition coefficient (Wildman–Crippen LogP) is 3.58. The van der Waals surface area contributed by atoms with Gasteiger partial charge >= 0.3 is 0 Å². The van der Waals surface area contributed by atoms with E-state index in [0.29, 0.717) is 17.7 Å². The summed E-state index contributed by atoms with van der Waals surface area (Å²) in [4.78, 5) is 28.2. The SMILES string of the molecule is O=C1NCC(c2cc3ccc4ccccc4c3[nH]c2=O)Nc2ccccc21. The first-order chi connectivity index (χ1) is 13.2. The van der Waals surface area contributed by atoms with E-state index in [1.54, 1.807) is 6.07 Å². The normalized spacial score (nSPS) is 16.4. The molecule has 1 atom stereocenters. The van der Waals surface area contributed by atoms with Crippen molar-refractivity contribution in [2.75, 3.05) is 11.9 Å². The number of rotatable bonds is 1. The lowest BCUT2D eigenvalue weighted by atomic mass is 10.0. The Morgan fingerprint density at radius 3 is 2.56 bits per heavy atom. The minimum Gasteiger partial charge on any atom is -0.376 e. The Morgan fingerprint density at radius 1 is 0.852 bits per heavy atom. The number of H-pyrrole nitrogens is 1. The van der Waals surface area contributed by atoms with E-state index in [9.17, 15) is 9.59 Å². The molecule has 27 heavy (non-hydrogen) atoms. The van der Waals surface area contributed by atoms with Crippen LogP contribution in [0.15, 0.2) is 71.5 Å². The van der Waals surface area contributed by atoms with Crippen molar-refractivity contribution in [3.63, 3.8) is 0 Å². The Bertz CT molecular complexity index is 1260. The van der Waals surface area contributed by atoms with Crippen molar-refractivity contribution in [3.8, 4) is 0 Å². The summed E-state index contributed by atoms with van der Waals surface area (Å²) in [6.07, 6.45) is 0. The number of hydrogen-bond acceptors (Lipinski definition) is 3. The van der Waals surface area contributed by atoms with Crippen LogP contribution < -0.4 is 16.2 Å². The predicted molar refractivity (Wildman–Crippen MR) is 107 cm³/mol. The van der Waals surface area contributed by atoms with E-state index in [0.717, 1.165) is 27.4 Å². The van der Waals surface area contributed by atoms with Crippen LogP contribution in [-0.2, 0) is 0 Å². The highest BCUT2D eigenvalue weighted by Gasteiger charge is 2.23. The van der Waals surface area contributed by atoms with Crippen LogP contribution in [0, 0.1) is 0 Å². The van der Waals surface area contributed by atoms with Gasteiger partial charge in [-0.3, -0.25) is 9.59 Å². The average Bonchev–Trinajstić information content (AvgIpc) is 2.87. The maximum atomic E-state index is 12.9. The van der Waals surface area contributed by atoms with Gasteiger partial charge in [-0.2, -0.15) is 0 Å². The van der Waals surface area contributed by atoms with E-state index in [1.807, 2.05) is 54.6 Å². The highest BCUT2D eigenvalue weighted by molar-refractivity contribution is 6.05. The number of para-hydroxylation sites is 1. The van der Waals surface area contributed by atoms with E-state index in [2.05, 4.69) is 21.7 Å². The first kappa shape index (κ1) is 15.6. The van der Waals surface area contributed by atoms with Crippen LogP contribution in [0.3, 0.4) is 0 Å². The van der Waals surface area contributed by atoms with Gasteiger partial charge in [0.15, 0.2) is 0 Å². The molecule has 1 aromatic heterocycles. The third kappa shape index (κ3) is 2.56. The van der Waals surface area contributed by atoms with Crippen LogP contribution in [0.2, 0.25) is 0 Å². The van der Waals surface area contributed by atoms with Gasteiger partial charge in [0.2, 0.25) is 0 Å². The number of carbonyl (C=O) groups is 1. The van der Waals surface area contributed by atoms with Gasteiger partial charge in [-0.25, -0.2) is 0 Å². The van der Waals surface area contributed by atoms with Gasteiger partial charge < -0.3 is 15.6 Å². The molecule has 0 spiro atoms. The summed E-state index contributed by atoms with van der Waals surface area (Å²) in [5.41, 5.74) is 2.61. The van der Waals surface area contributed by atoms with Gasteiger partial charge in [-0.05, 0) is 29.0 Å². The zero-order valence-electron chi connectivity index (χ0n) is 14.5. The topological polar surface area (TPSA) is 74.0 Å². The fourth-order valence-corrected chi connectivity index (χ4v) is 3.75. The third-order valence-corrected chi connectivity index (χ3v) is 5.12. The van der Waals surface area contributed by atoms with Crippen molar-refractivity contribution in [2.24, 2.45) is 0 Å². The molecule has 1 unspecified atom stereocenters. The van der Waals surface area contributed by atoms with Crippen molar-refractivity contribution >= 4 is 33.3 Å². The van der Waals surface area contributed by atoms with Crippen LogP contribution >= 0.6 is 0 Å². The molecule has 0 radical (unpaired) electrons. The Balaban J connectivity index is 1.65. The lowest BCUT2D eigenvalue weighted by Gasteiger charge is -2.18. The molecule has 0 fully saturated rings. The second-order valence-electron chi connectivity index (χ2n) is 6.76. The van der Waals surface area contributed by atoms with Crippen molar-refractivity contribution < 1.29 is 4.79 Å².